The lowest BCUT2D eigenvalue weighted by Crippen LogP contribution is -2.24. The van der Waals surface area contributed by atoms with Gasteiger partial charge in [-0.3, -0.25) is 4.79 Å². The third-order valence-electron chi connectivity index (χ3n) is 2.56. The van der Waals surface area contributed by atoms with Gasteiger partial charge in [0, 0.05) is 18.0 Å². The largest absolute Gasteiger partial charge is 0.496 e. The standard InChI is InChI=1S/C13H20N2O3/c1-8(14)7-12(16)15-10-5-6-11(17-3)9(2)13(10)18-4/h5-6,8H,7,14H2,1-4H3,(H,15,16). The number of ether oxygens (including phenoxy) is 2. The second-order valence-corrected chi connectivity index (χ2v) is 4.20. The number of carbonyl (C=O) groups is 1. The van der Waals surface area contributed by atoms with Crippen molar-refractivity contribution in [3.8, 4) is 11.5 Å². The molecule has 100 valence electrons. The van der Waals surface area contributed by atoms with E-state index in [0.29, 0.717) is 11.4 Å². The van der Waals surface area contributed by atoms with E-state index >= 15 is 0 Å². The van der Waals surface area contributed by atoms with E-state index in [1.54, 1.807) is 33.3 Å². The number of carbonyl (C=O) groups excluding carboxylic acids is 1. The third-order valence-corrected chi connectivity index (χ3v) is 2.56. The molecule has 1 rings (SSSR count). The Morgan fingerprint density at radius 3 is 2.56 bits per heavy atom. The molecule has 1 unspecified atom stereocenters. The minimum absolute atomic E-state index is 0.132. The zero-order valence-electron chi connectivity index (χ0n) is 11.2. The van der Waals surface area contributed by atoms with Crippen LogP contribution in [-0.2, 0) is 4.79 Å². The van der Waals surface area contributed by atoms with E-state index in [9.17, 15) is 4.79 Å². The van der Waals surface area contributed by atoms with E-state index in [4.69, 9.17) is 15.2 Å². The van der Waals surface area contributed by atoms with Crippen LogP contribution in [0.5, 0.6) is 11.5 Å². The number of nitrogens with two attached hydrogens (primary N) is 1. The summed E-state index contributed by atoms with van der Waals surface area (Å²) in [4.78, 5) is 11.7. The van der Waals surface area contributed by atoms with Gasteiger partial charge in [0.25, 0.3) is 0 Å². The Labute approximate surface area is 107 Å². The lowest BCUT2D eigenvalue weighted by Gasteiger charge is -2.15. The highest BCUT2D eigenvalue weighted by molar-refractivity contribution is 5.93. The van der Waals surface area contributed by atoms with Crippen LogP contribution in [-0.4, -0.2) is 26.2 Å². The van der Waals surface area contributed by atoms with Crippen molar-refractivity contribution in [3.05, 3.63) is 17.7 Å². The summed E-state index contributed by atoms with van der Waals surface area (Å²) in [6.07, 6.45) is 0.272. The summed E-state index contributed by atoms with van der Waals surface area (Å²) >= 11 is 0. The molecule has 1 aromatic carbocycles. The Kier molecular flexibility index (Phi) is 4.97. The van der Waals surface area contributed by atoms with Crippen molar-refractivity contribution in [1.82, 2.24) is 0 Å². The molecule has 3 N–H and O–H groups in total. The van der Waals surface area contributed by atoms with Gasteiger partial charge in [0.05, 0.1) is 19.9 Å². The number of nitrogens with one attached hydrogen (secondary N) is 1. The van der Waals surface area contributed by atoms with E-state index in [1.165, 1.54) is 0 Å². The number of benzene rings is 1. The molecule has 0 aliphatic carbocycles. The van der Waals surface area contributed by atoms with Gasteiger partial charge >= 0.3 is 0 Å². The highest BCUT2D eigenvalue weighted by Crippen LogP contribution is 2.34. The molecule has 0 bridgehead atoms. The monoisotopic (exact) mass is 252 g/mol. The Balaban J connectivity index is 2.96. The fourth-order valence-corrected chi connectivity index (χ4v) is 1.75. The molecule has 0 radical (unpaired) electrons. The van der Waals surface area contributed by atoms with Crippen molar-refractivity contribution in [1.29, 1.82) is 0 Å². The molecule has 18 heavy (non-hydrogen) atoms. The van der Waals surface area contributed by atoms with Crippen molar-refractivity contribution in [2.24, 2.45) is 5.73 Å². The summed E-state index contributed by atoms with van der Waals surface area (Å²) < 4.78 is 10.5. The average Bonchev–Trinajstić information content (AvgIpc) is 2.28. The van der Waals surface area contributed by atoms with Gasteiger partial charge in [0.1, 0.15) is 11.5 Å². The van der Waals surface area contributed by atoms with Crippen LogP contribution < -0.4 is 20.5 Å². The lowest BCUT2D eigenvalue weighted by molar-refractivity contribution is -0.116. The van der Waals surface area contributed by atoms with Crippen molar-refractivity contribution in [2.45, 2.75) is 26.3 Å². The lowest BCUT2D eigenvalue weighted by atomic mass is 10.1. The van der Waals surface area contributed by atoms with Gasteiger partial charge in [0.2, 0.25) is 5.91 Å². The molecule has 0 fully saturated rings. The first kappa shape index (κ1) is 14.3. The molecular formula is C13H20N2O3. The maximum absolute atomic E-state index is 11.7. The fourth-order valence-electron chi connectivity index (χ4n) is 1.75. The molecule has 0 saturated carbocycles. The quantitative estimate of drug-likeness (QED) is 0.836. The van der Waals surface area contributed by atoms with Gasteiger partial charge < -0.3 is 20.5 Å². The molecule has 0 heterocycles. The average molecular weight is 252 g/mol. The first-order valence-corrected chi connectivity index (χ1v) is 5.76. The molecule has 1 aromatic rings. The highest BCUT2D eigenvalue weighted by Gasteiger charge is 2.14. The molecule has 0 saturated heterocycles. The van der Waals surface area contributed by atoms with Gasteiger partial charge in [-0.1, -0.05) is 0 Å². The van der Waals surface area contributed by atoms with Crippen LogP contribution in [0.15, 0.2) is 12.1 Å². The molecule has 5 heteroatoms. The van der Waals surface area contributed by atoms with E-state index < -0.39 is 0 Å². The zero-order chi connectivity index (χ0) is 13.7. The van der Waals surface area contributed by atoms with Gasteiger partial charge in [-0.2, -0.15) is 0 Å². The third kappa shape index (κ3) is 3.37. The topological polar surface area (TPSA) is 73.6 Å². The molecule has 5 nitrogen and oxygen atoms in total. The van der Waals surface area contributed by atoms with Crippen LogP contribution in [0.25, 0.3) is 0 Å². The number of amides is 1. The number of anilines is 1. The van der Waals surface area contributed by atoms with Crippen molar-refractivity contribution in [3.63, 3.8) is 0 Å². The summed E-state index contributed by atoms with van der Waals surface area (Å²) in [5.74, 6) is 1.19. The molecule has 1 amide bonds. The van der Waals surface area contributed by atoms with E-state index in [1.807, 2.05) is 6.92 Å². The first-order valence-electron chi connectivity index (χ1n) is 5.76. The fraction of sp³-hybridized carbons (Fsp3) is 0.462. The van der Waals surface area contributed by atoms with Crippen LogP contribution in [0, 0.1) is 6.92 Å². The number of hydrogen-bond donors (Lipinski definition) is 2. The summed E-state index contributed by atoms with van der Waals surface area (Å²) in [5, 5.41) is 2.79. The summed E-state index contributed by atoms with van der Waals surface area (Å²) in [6, 6.07) is 3.37. The molecular weight excluding hydrogens is 232 g/mol. The highest BCUT2D eigenvalue weighted by atomic mass is 16.5. The zero-order valence-corrected chi connectivity index (χ0v) is 11.2. The maximum Gasteiger partial charge on any atom is 0.226 e. The van der Waals surface area contributed by atoms with Crippen molar-refractivity contribution in [2.75, 3.05) is 19.5 Å². The van der Waals surface area contributed by atoms with Crippen LogP contribution in [0.3, 0.4) is 0 Å². The Morgan fingerprint density at radius 1 is 1.39 bits per heavy atom. The Morgan fingerprint density at radius 2 is 2.06 bits per heavy atom. The number of rotatable bonds is 5. The van der Waals surface area contributed by atoms with Gasteiger partial charge in [-0.05, 0) is 26.0 Å². The Bertz CT molecular complexity index is 430. The van der Waals surface area contributed by atoms with Gasteiger partial charge in [-0.25, -0.2) is 0 Å². The summed E-state index contributed by atoms with van der Waals surface area (Å²) in [6.45, 7) is 3.66. The smallest absolute Gasteiger partial charge is 0.226 e. The number of methoxy groups -OCH3 is 2. The van der Waals surface area contributed by atoms with Crippen molar-refractivity contribution < 1.29 is 14.3 Å². The summed E-state index contributed by atoms with van der Waals surface area (Å²) in [7, 11) is 3.15. The minimum atomic E-state index is -0.171. The van der Waals surface area contributed by atoms with Gasteiger partial charge in [0.15, 0.2) is 0 Å². The van der Waals surface area contributed by atoms with Crippen LogP contribution in [0.2, 0.25) is 0 Å². The van der Waals surface area contributed by atoms with Crippen LogP contribution in [0.1, 0.15) is 18.9 Å². The molecule has 0 aromatic heterocycles. The van der Waals surface area contributed by atoms with E-state index in [2.05, 4.69) is 5.32 Å². The van der Waals surface area contributed by atoms with E-state index in [-0.39, 0.29) is 18.4 Å². The normalized spacial score (nSPS) is 11.8. The summed E-state index contributed by atoms with van der Waals surface area (Å²) in [5.41, 5.74) is 7.05. The number of hydrogen-bond acceptors (Lipinski definition) is 4. The van der Waals surface area contributed by atoms with Crippen molar-refractivity contribution >= 4 is 11.6 Å². The molecule has 0 aliphatic heterocycles. The molecule has 0 aliphatic rings. The van der Waals surface area contributed by atoms with E-state index in [0.717, 1.165) is 11.3 Å². The molecule has 0 spiro atoms. The SMILES string of the molecule is COc1ccc(NC(=O)CC(C)N)c(OC)c1C. The maximum atomic E-state index is 11.7. The second kappa shape index (κ2) is 6.26. The second-order valence-electron chi connectivity index (χ2n) is 4.20. The predicted molar refractivity (Wildman–Crippen MR) is 71.2 cm³/mol. The first-order chi connectivity index (χ1) is 8.49. The van der Waals surface area contributed by atoms with Crippen LogP contribution in [0.4, 0.5) is 5.69 Å². The van der Waals surface area contributed by atoms with Gasteiger partial charge in [-0.15, -0.1) is 0 Å². The van der Waals surface area contributed by atoms with Crippen LogP contribution >= 0.6 is 0 Å². The molecule has 1 atom stereocenters. The Hall–Kier alpha value is -1.75. The predicted octanol–water partition coefficient (Wildman–Crippen LogP) is 1.69. The minimum Gasteiger partial charge on any atom is -0.496 e.